The zero-order chi connectivity index (χ0) is 10.6. The van der Waals surface area contributed by atoms with E-state index < -0.39 is 31.1 Å². The molecule has 0 aliphatic rings. The molecule has 0 aliphatic heterocycles. The second kappa shape index (κ2) is 4.72. The van der Waals surface area contributed by atoms with Gasteiger partial charge in [-0.1, -0.05) is 13.3 Å². The molecule has 6 heteroatoms. The Morgan fingerprint density at radius 3 is 1.85 bits per heavy atom. The van der Waals surface area contributed by atoms with Crippen LogP contribution < -0.4 is 0 Å². The third kappa shape index (κ3) is 3.87. The molecule has 0 nitrogen and oxygen atoms in total. The predicted octanol–water partition coefficient (Wildman–Crippen LogP) is 3.18. The number of halogens is 6. The summed E-state index contributed by atoms with van der Waals surface area (Å²) in [6, 6.07) is 0. The summed E-state index contributed by atoms with van der Waals surface area (Å²) in [7, 11) is 0. The minimum absolute atomic E-state index is 0.0772. The van der Waals surface area contributed by atoms with Crippen molar-refractivity contribution in [2.75, 3.05) is 0 Å². The molecule has 0 amide bonds. The SMILES string of the molecule is [CH2]CCC(F)C(F)[C@H](F)C(F)(F)F. The van der Waals surface area contributed by atoms with E-state index in [1.807, 2.05) is 0 Å². The molecule has 0 bridgehead atoms. The number of hydrogen-bond donors (Lipinski definition) is 0. The van der Waals surface area contributed by atoms with Gasteiger partial charge in [-0.3, -0.25) is 0 Å². The van der Waals surface area contributed by atoms with Gasteiger partial charge in [0.15, 0.2) is 6.17 Å². The van der Waals surface area contributed by atoms with Crippen LogP contribution in [0.5, 0.6) is 0 Å². The van der Waals surface area contributed by atoms with Crippen molar-refractivity contribution in [1.29, 1.82) is 0 Å². The Balaban J connectivity index is 4.16. The topological polar surface area (TPSA) is 0 Å². The van der Waals surface area contributed by atoms with E-state index >= 15 is 0 Å². The highest BCUT2D eigenvalue weighted by molar-refractivity contribution is 4.81. The van der Waals surface area contributed by atoms with Crippen molar-refractivity contribution in [3.63, 3.8) is 0 Å². The summed E-state index contributed by atoms with van der Waals surface area (Å²) >= 11 is 0. The van der Waals surface area contributed by atoms with Crippen molar-refractivity contribution in [3.8, 4) is 0 Å². The van der Waals surface area contributed by atoms with Gasteiger partial charge in [-0.25, -0.2) is 13.2 Å². The fourth-order valence-corrected chi connectivity index (χ4v) is 0.718. The summed E-state index contributed by atoms with van der Waals surface area (Å²) in [6.07, 6.45) is -15.3. The first-order valence-electron chi connectivity index (χ1n) is 3.59. The highest BCUT2D eigenvalue weighted by Gasteiger charge is 2.48. The minimum atomic E-state index is -5.34. The molecule has 0 spiro atoms. The zero-order valence-electron chi connectivity index (χ0n) is 6.62. The third-order valence-corrected chi connectivity index (χ3v) is 1.42. The zero-order valence-corrected chi connectivity index (χ0v) is 6.62. The van der Waals surface area contributed by atoms with Crippen molar-refractivity contribution in [3.05, 3.63) is 6.92 Å². The van der Waals surface area contributed by atoms with Crippen LogP contribution in [0, 0.1) is 6.92 Å². The molecule has 0 aromatic rings. The van der Waals surface area contributed by atoms with Gasteiger partial charge in [0.2, 0.25) is 6.17 Å². The van der Waals surface area contributed by atoms with Gasteiger partial charge in [-0.05, 0) is 6.42 Å². The molecular formula is C7H9F6. The van der Waals surface area contributed by atoms with E-state index in [2.05, 4.69) is 6.92 Å². The lowest BCUT2D eigenvalue weighted by Gasteiger charge is -2.19. The predicted molar refractivity (Wildman–Crippen MR) is 35.3 cm³/mol. The van der Waals surface area contributed by atoms with Gasteiger partial charge >= 0.3 is 6.18 Å². The van der Waals surface area contributed by atoms with Gasteiger partial charge in [0.1, 0.15) is 6.17 Å². The van der Waals surface area contributed by atoms with Crippen LogP contribution in [-0.4, -0.2) is 24.7 Å². The second-order valence-electron chi connectivity index (χ2n) is 2.55. The van der Waals surface area contributed by atoms with Crippen LogP contribution in [0.3, 0.4) is 0 Å². The first-order chi connectivity index (χ1) is 5.80. The van der Waals surface area contributed by atoms with Crippen LogP contribution in [0.25, 0.3) is 0 Å². The highest BCUT2D eigenvalue weighted by atomic mass is 19.4. The van der Waals surface area contributed by atoms with Gasteiger partial charge in [0.05, 0.1) is 0 Å². The Morgan fingerprint density at radius 2 is 1.54 bits per heavy atom. The maximum absolute atomic E-state index is 12.4. The Bertz CT molecular complexity index is 142. The van der Waals surface area contributed by atoms with Gasteiger partial charge in [0.25, 0.3) is 0 Å². The first kappa shape index (κ1) is 12.6. The molecule has 1 radical (unpaired) electrons. The van der Waals surface area contributed by atoms with E-state index in [0.29, 0.717) is 0 Å². The molecule has 0 fully saturated rings. The fourth-order valence-electron chi connectivity index (χ4n) is 0.718. The van der Waals surface area contributed by atoms with Crippen LogP contribution in [0.1, 0.15) is 12.8 Å². The van der Waals surface area contributed by atoms with Gasteiger partial charge in [-0.2, -0.15) is 13.2 Å². The van der Waals surface area contributed by atoms with Crippen LogP contribution >= 0.6 is 0 Å². The normalized spacial score (nSPS) is 19.6. The van der Waals surface area contributed by atoms with Crippen molar-refractivity contribution >= 4 is 0 Å². The Hall–Kier alpha value is -0.420. The van der Waals surface area contributed by atoms with Crippen LogP contribution in [-0.2, 0) is 0 Å². The molecule has 3 atom stereocenters. The largest absolute Gasteiger partial charge is 0.422 e. The van der Waals surface area contributed by atoms with Crippen LogP contribution in [0.15, 0.2) is 0 Å². The summed E-state index contributed by atoms with van der Waals surface area (Å²) < 4.78 is 71.4. The molecule has 2 unspecified atom stereocenters. The average Bonchev–Trinajstić information content (AvgIpc) is 2.00. The first-order valence-corrected chi connectivity index (χ1v) is 3.59. The van der Waals surface area contributed by atoms with Crippen molar-refractivity contribution in [2.45, 2.75) is 37.5 Å². The number of alkyl halides is 6. The van der Waals surface area contributed by atoms with Crippen LogP contribution in [0.2, 0.25) is 0 Å². The van der Waals surface area contributed by atoms with Crippen LogP contribution in [0.4, 0.5) is 26.3 Å². The summed E-state index contributed by atoms with van der Waals surface area (Å²) in [5, 5.41) is 0. The molecule has 0 saturated carbocycles. The molecule has 0 aromatic heterocycles. The molecule has 13 heavy (non-hydrogen) atoms. The van der Waals surface area contributed by atoms with Crippen molar-refractivity contribution in [1.82, 2.24) is 0 Å². The molecule has 0 heterocycles. The maximum Gasteiger partial charge on any atom is 0.422 e. The van der Waals surface area contributed by atoms with Crippen molar-refractivity contribution < 1.29 is 26.3 Å². The lowest BCUT2D eigenvalue weighted by atomic mass is 10.1. The summed E-state index contributed by atoms with van der Waals surface area (Å²) in [5.41, 5.74) is 0. The molecule has 79 valence electrons. The Labute approximate surface area is 71.9 Å². The van der Waals surface area contributed by atoms with Crippen molar-refractivity contribution in [2.24, 2.45) is 0 Å². The van der Waals surface area contributed by atoms with Gasteiger partial charge < -0.3 is 0 Å². The van der Waals surface area contributed by atoms with E-state index in [9.17, 15) is 26.3 Å². The summed E-state index contributed by atoms with van der Waals surface area (Å²) in [5.74, 6) is 0. The molecule has 0 rings (SSSR count). The quantitative estimate of drug-likeness (QED) is 0.621. The molecule has 0 aromatic carbocycles. The minimum Gasteiger partial charge on any atom is -0.244 e. The maximum atomic E-state index is 12.4. The summed E-state index contributed by atoms with van der Waals surface area (Å²) in [6.45, 7) is 3.12. The number of hydrogen-bond acceptors (Lipinski definition) is 0. The lowest BCUT2D eigenvalue weighted by Crippen LogP contribution is -2.39. The number of rotatable bonds is 4. The molecule has 0 aliphatic carbocycles. The Morgan fingerprint density at radius 1 is 1.08 bits per heavy atom. The second-order valence-corrected chi connectivity index (χ2v) is 2.55. The van der Waals surface area contributed by atoms with E-state index in [-0.39, 0.29) is 6.42 Å². The highest BCUT2D eigenvalue weighted by Crippen LogP contribution is 2.30. The monoisotopic (exact) mass is 207 g/mol. The standard InChI is InChI=1S/C7H9F6/c1-2-3-4(8)5(9)6(10)7(11,12)13/h4-6H,1-3H2/t4?,5?,6-/m0/s1. The van der Waals surface area contributed by atoms with Gasteiger partial charge in [0, 0.05) is 0 Å². The van der Waals surface area contributed by atoms with E-state index in [1.54, 1.807) is 0 Å². The van der Waals surface area contributed by atoms with E-state index in [1.165, 1.54) is 0 Å². The lowest BCUT2D eigenvalue weighted by molar-refractivity contribution is -0.202. The third-order valence-electron chi connectivity index (χ3n) is 1.42. The smallest absolute Gasteiger partial charge is 0.244 e. The van der Waals surface area contributed by atoms with E-state index in [4.69, 9.17) is 0 Å². The molecular weight excluding hydrogens is 198 g/mol. The average molecular weight is 207 g/mol. The van der Waals surface area contributed by atoms with Gasteiger partial charge in [-0.15, -0.1) is 0 Å². The fraction of sp³-hybridized carbons (Fsp3) is 0.857. The summed E-state index contributed by atoms with van der Waals surface area (Å²) in [4.78, 5) is 0. The molecule has 0 N–H and O–H groups in total. The molecule has 0 saturated heterocycles. The van der Waals surface area contributed by atoms with E-state index in [0.717, 1.165) is 0 Å². The Kier molecular flexibility index (Phi) is 4.56.